The maximum absolute atomic E-state index is 13.7. The van der Waals surface area contributed by atoms with Crippen LogP contribution in [0.4, 0.5) is 4.39 Å². The fourth-order valence-corrected chi connectivity index (χ4v) is 1.41. The number of Topliss-reactive ketones (excluding diaryl/α,β-unsaturated/α-hetero) is 1. The van der Waals surface area contributed by atoms with E-state index in [1.54, 1.807) is 12.1 Å². The Labute approximate surface area is 94.4 Å². The van der Waals surface area contributed by atoms with Gasteiger partial charge in [0, 0.05) is 0 Å². The lowest BCUT2D eigenvalue weighted by Crippen LogP contribution is -2.17. The van der Waals surface area contributed by atoms with E-state index in [1.807, 2.05) is 0 Å². The van der Waals surface area contributed by atoms with E-state index < -0.39 is 5.67 Å². The summed E-state index contributed by atoms with van der Waals surface area (Å²) in [6.45, 7) is 2.75. The number of benzene rings is 1. The molecule has 2 N–H and O–H groups in total. The Morgan fingerprint density at radius 2 is 2.12 bits per heavy atom. The molecule has 88 valence electrons. The van der Waals surface area contributed by atoms with Gasteiger partial charge in [-0.25, -0.2) is 4.39 Å². The van der Waals surface area contributed by atoms with E-state index >= 15 is 0 Å². The lowest BCUT2D eigenvalue weighted by molar-refractivity contribution is 0.0998. The molecule has 0 radical (unpaired) electrons. The predicted molar refractivity (Wildman–Crippen MR) is 60.5 cm³/mol. The minimum atomic E-state index is -1.49. The van der Waals surface area contributed by atoms with Gasteiger partial charge < -0.3 is 10.5 Å². The van der Waals surface area contributed by atoms with Crippen LogP contribution in [0, 0.1) is 0 Å². The first-order chi connectivity index (χ1) is 7.40. The summed E-state index contributed by atoms with van der Waals surface area (Å²) in [6.07, 6.45) is 0. The number of ketones is 1. The molecular formula is C12H16FNO2. The van der Waals surface area contributed by atoms with E-state index in [2.05, 4.69) is 0 Å². The summed E-state index contributed by atoms with van der Waals surface area (Å²) < 4.78 is 18.8. The van der Waals surface area contributed by atoms with Crippen molar-refractivity contribution in [2.75, 3.05) is 13.7 Å². The van der Waals surface area contributed by atoms with Gasteiger partial charge >= 0.3 is 0 Å². The highest BCUT2D eigenvalue weighted by Crippen LogP contribution is 2.29. The Balaban J connectivity index is 3.27. The molecule has 0 amide bonds. The zero-order valence-electron chi connectivity index (χ0n) is 9.71. The van der Waals surface area contributed by atoms with Crippen molar-refractivity contribution >= 4 is 5.78 Å². The van der Waals surface area contributed by atoms with E-state index in [-0.39, 0.29) is 12.3 Å². The smallest absolute Gasteiger partial charge is 0.180 e. The number of carbonyl (C=O) groups excluding carboxylic acids is 1. The summed E-state index contributed by atoms with van der Waals surface area (Å²) in [7, 11) is 1.46. The van der Waals surface area contributed by atoms with E-state index in [9.17, 15) is 9.18 Å². The molecule has 0 spiro atoms. The molecule has 3 nitrogen and oxygen atoms in total. The average Bonchev–Trinajstić information content (AvgIpc) is 2.25. The van der Waals surface area contributed by atoms with Gasteiger partial charge in [-0.2, -0.15) is 0 Å². The Bertz CT molecular complexity index is 396. The summed E-state index contributed by atoms with van der Waals surface area (Å²) >= 11 is 0. The van der Waals surface area contributed by atoms with Crippen LogP contribution in [0.25, 0.3) is 0 Å². The lowest BCUT2D eigenvalue weighted by atomic mass is 9.96. The van der Waals surface area contributed by atoms with Gasteiger partial charge in [0.25, 0.3) is 0 Å². The van der Waals surface area contributed by atoms with Gasteiger partial charge in [-0.15, -0.1) is 0 Å². The zero-order valence-corrected chi connectivity index (χ0v) is 9.71. The van der Waals surface area contributed by atoms with E-state index in [0.717, 1.165) is 0 Å². The fourth-order valence-electron chi connectivity index (χ4n) is 1.41. The number of hydrogen-bond donors (Lipinski definition) is 1. The maximum atomic E-state index is 13.7. The molecule has 16 heavy (non-hydrogen) atoms. The van der Waals surface area contributed by atoms with Gasteiger partial charge in [0.1, 0.15) is 11.4 Å². The summed E-state index contributed by atoms with van der Waals surface area (Å²) in [5, 5.41) is 0. The third-order valence-electron chi connectivity index (χ3n) is 2.37. The number of alkyl halides is 1. The van der Waals surface area contributed by atoms with Crippen LogP contribution in [0.15, 0.2) is 18.2 Å². The van der Waals surface area contributed by atoms with Crippen LogP contribution in [0.2, 0.25) is 0 Å². The van der Waals surface area contributed by atoms with Crippen molar-refractivity contribution in [1.82, 2.24) is 0 Å². The molecule has 0 aliphatic carbocycles. The topological polar surface area (TPSA) is 52.3 Å². The first-order valence-electron chi connectivity index (χ1n) is 5.01. The SMILES string of the molecule is COc1ccc(C(C)(C)F)cc1C(=O)CN. The molecule has 0 saturated heterocycles. The molecule has 1 aromatic carbocycles. The highest BCUT2D eigenvalue weighted by atomic mass is 19.1. The van der Waals surface area contributed by atoms with Crippen molar-refractivity contribution in [1.29, 1.82) is 0 Å². The van der Waals surface area contributed by atoms with Gasteiger partial charge in [0.2, 0.25) is 0 Å². The third kappa shape index (κ3) is 2.58. The van der Waals surface area contributed by atoms with Crippen LogP contribution in [-0.2, 0) is 5.67 Å². The van der Waals surface area contributed by atoms with Gasteiger partial charge in [-0.3, -0.25) is 4.79 Å². The van der Waals surface area contributed by atoms with Crippen LogP contribution in [-0.4, -0.2) is 19.4 Å². The van der Waals surface area contributed by atoms with Crippen LogP contribution in [0.3, 0.4) is 0 Å². The molecule has 0 aliphatic heterocycles. The van der Waals surface area contributed by atoms with Crippen LogP contribution >= 0.6 is 0 Å². The number of carbonyl (C=O) groups is 1. The van der Waals surface area contributed by atoms with Gasteiger partial charge in [0.15, 0.2) is 5.78 Å². The number of methoxy groups -OCH3 is 1. The normalized spacial score (nSPS) is 11.3. The van der Waals surface area contributed by atoms with E-state index in [4.69, 9.17) is 10.5 Å². The molecule has 0 heterocycles. The Kier molecular flexibility index (Phi) is 3.65. The second kappa shape index (κ2) is 4.61. The number of rotatable bonds is 4. The molecule has 0 aliphatic rings. The highest BCUT2D eigenvalue weighted by molar-refractivity contribution is 6.00. The molecule has 0 atom stereocenters. The molecule has 4 heteroatoms. The number of hydrogen-bond acceptors (Lipinski definition) is 3. The highest BCUT2D eigenvalue weighted by Gasteiger charge is 2.21. The van der Waals surface area contributed by atoms with Gasteiger partial charge in [-0.1, -0.05) is 6.07 Å². The van der Waals surface area contributed by atoms with E-state index in [1.165, 1.54) is 27.0 Å². The minimum absolute atomic E-state index is 0.119. The third-order valence-corrected chi connectivity index (χ3v) is 2.37. The van der Waals surface area contributed by atoms with Crippen molar-refractivity contribution < 1.29 is 13.9 Å². The first kappa shape index (κ1) is 12.6. The van der Waals surface area contributed by atoms with Crippen molar-refractivity contribution in [2.24, 2.45) is 5.73 Å². The number of ether oxygens (including phenoxy) is 1. The molecule has 0 aromatic heterocycles. The standard InChI is InChI=1S/C12H16FNO2/c1-12(2,13)8-4-5-11(16-3)9(6-8)10(15)7-14/h4-6H,7,14H2,1-3H3. The zero-order chi connectivity index (χ0) is 12.3. The first-order valence-corrected chi connectivity index (χ1v) is 5.01. The van der Waals surface area contributed by atoms with Crippen LogP contribution < -0.4 is 10.5 Å². The minimum Gasteiger partial charge on any atom is -0.496 e. The molecule has 0 bridgehead atoms. The largest absolute Gasteiger partial charge is 0.496 e. The molecule has 0 fully saturated rings. The van der Waals surface area contributed by atoms with Crippen molar-refractivity contribution in [3.63, 3.8) is 0 Å². The van der Waals surface area contributed by atoms with Gasteiger partial charge in [-0.05, 0) is 31.5 Å². The summed E-state index contributed by atoms with van der Waals surface area (Å²) in [6, 6.07) is 4.68. The monoisotopic (exact) mass is 225 g/mol. The Morgan fingerprint density at radius 3 is 2.56 bits per heavy atom. The fraction of sp³-hybridized carbons (Fsp3) is 0.417. The maximum Gasteiger partial charge on any atom is 0.180 e. The van der Waals surface area contributed by atoms with Gasteiger partial charge in [0.05, 0.1) is 19.2 Å². The molecule has 1 rings (SSSR count). The number of nitrogens with two attached hydrogens (primary N) is 1. The van der Waals surface area contributed by atoms with Crippen LogP contribution in [0.5, 0.6) is 5.75 Å². The predicted octanol–water partition coefficient (Wildman–Crippen LogP) is 2.04. The van der Waals surface area contributed by atoms with Crippen molar-refractivity contribution in [3.05, 3.63) is 29.3 Å². The molecule has 1 aromatic rings. The quantitative estimate of drug-likeness (QED) is 0.798. The van der Waals surface area contributed by atoms with Crippen molar-refractivity contribution in [3.8, 4) is 5.75 Å². The van der Waals surface area contributed by atoms with E-state index in [0.29, 0.717) is 16.9 Å². The second-order valence-electron chi connectivity index (χ2n) is 4.01. The van der Waals surface area contributed by atoms with Crippen LogP contribution in [0.1, 0.15) is 29.8 Å². The Hall–Kier alpha value is -1.42. The number of halogens is 1. The lowest BCUT2D eigenvalue weighted by Gasteiger charge is -2.17. The summed E-state index contributed by atoms with van der Waals surface area (Å²) in [4.78, 5) is 11.5. The Morgan fingerprint density at radius 1 is 1.50 bits per heavy atom. The summed E-state index contributed by atoms with van der Waals surface area (Å²) in [5.41, 5.74) is 4.56. The molecule has 0 unspecified atom stereocenters. The second-order valence-corrected chi connectivity index (χ2v) is 4.01. The molecular weight excluding hydrogens is 209 g/mol. The molecule has 0 saturated carbocycles. The average molecular weight is 225 g/mol. The van der Waals surface area contributed by atoms with Crippen molar-refractivity contribution in [2.45, 2.75) is 19.5 Å². The summed E-state index contributed by atoms with van der Waals surface area (Å²) in [5.74, 6) is 0.159.